The summed E-state index contributed by atoms with van der Waals surface area (Å²) in [5, 5.41) is 5.42. The summed E-state index contributed by atoms with van der Waals surface area (Å²) in [5.74, 6) is 0. The van der Waals surface area contributed by atoms with Crippen molar-refractivity contribution in [1.29, 1.82) is 0 Å². The van der Waals surface area contributed by atoms with Gasteiger partial charge in [-0.1, -0.05) is 38.1 Å². The first-order valence-electron chi connectivity index (χ1n) is 9.05. The lowest BCUT2D eigenvalue weighted by atomic mass is 9.98. The molecule has 0 aliphatic carbocycles. The van der Waals surface area contributed by atoms with E-state index in [9.17, 15) is 0 Å². The van der Waals surface area contributed by atoms with E-state index in [-0.39, 0.29) is 0 Å². The minimum absolute atomic E-state index is 0.948. The van der Waals surface area contributed by atoms with Crippen LogP contribution in [0.5, 0.6) is 0 Å². The summed E-state index contributed by atoms with van der Waals surface area (Å²) in [6, 6.07) is 10.9. The number of benzene rings is 1. The van der Waals surface area contributed by atoms with Gasteiger partial charge in [-0.3, -0.25) is 14.6 Å². The maximum atomic E-state index is 4.85. The lowest BCUT2D eigenvalue weighted by Gasteiger charge is -2.11. The van der Waals surface area contributed by atoms with Gasteiger partial charge in [0.25, 0.3) is 0 Å². The molecule has 3 heterocycles. The van der Waals surface area contributed by atoms with E-state index in [0.717, 1.165) is 40.6 Å². The van der Waals surface area contributed by atoms with Gasteiger partial charge in [-0.15, -0.1) is 0 Å². The first-order valence-corrected chi connectivity index (χ1v) is 9.05. The Hall–Kier alpha value is -3.01. The highest BCUT2D eigenvalue weighted by Crippen LogP contribution is 2.30. The Kier molecular flexibility index (Phi) is 4.25. The standard InChI is InChI=1S/C22H22N4/c1-4-15-10-19-20(12-23-13-22(19)25-21(15)5-2)17-8-6-16(7-9-17)18-11-24-26(3)14-18/h6-14H,4-5H2,1-3H3. The summed E-state index contributed by atoms with van der Waals surface area (Å²) in [6.45, 7) is 4.34. The molecule has 0 aliphatic rings. The van der Waals surface area contributed by atoms with Crippen molar-refractivity contribution < 1.29 is 0 Å². The second kappa shape index (κ2) is 6.71. The van der Waals surface area contributed by atoms with E-state index in [1.54, 1.807) is 0 Å². The molecule has 0 atom stereocenters. The molecule has 0 spiro atoms. The van der Waals surface area contributed by atoms with Crippen LogP contribution < -0.4 is 0 Å². The second-order valence-corrected chi connectivity index (χ2v) is 6.54. The third-order valence-corrected chi connectivity index (χ3v) is 4.86. The first kappa shape index (κ1) is 16.5. The van der Waals surface area contributed by atoms with Crippen molar-refractivity contribution in [2.75, 3.05) is 0 Å². The van der Waals surface area contributed by atoms with Gasteiger partial charge >= 0.3 is 0 Å². The lowest BCUT2D eigenvalue weighted by molar-refractivity contribution is 0.768. The number of nitrogens with zero attached hydrogens (tertiary/aromatic N) is 4. The van der Waals surface area contributed by atoms with Gasteiger partial charge in [-0.05, 0) is 35.6 Å². The van der Waals surface area contributed by atoms with Gasteiger partial charge in [0.05, 0.1) is 17.9 Å². The number of rotatable bonds is 4. The van der Waals surface area contributed by atoms with E-state index in [1.807, 2.05) is 36.5 Å². The molecule has 130 valence electrons. The van der Waals surface area contributed by atoms with Gasteiger partial charge in [0, 0.05) is 41.6 Å². The van der Waals surface area contributed by atoms with Gasteiger partial charge in [-0.25, -0.2) is 0 Å². The van der Waals surface area contributed by atoms with Crippen LogP contribution in [0.1, 0.15) is 25.1 Å². The number of fused-ring (bicyclic) bond motifs is 1. The van der Waals surface area contributed by atoms with E-state index in [2.05, 4.69) is 54.3 Å². The molecular weight excluding hydrogens is 320 g/mol. The first-order chi connectivity index (χ1) is 12.7. The molecule has 0 saturated heterocycles. The van der Waals surface area contributed by atoms with Crippen LogP contribution in [-0.2, 0) is 19.9 Å². The summed E-state index contributed by atoms with van der Waals surface area (Å²) in [7, 11) is 1.93. The molecule has 0 radical (unpaired) electrons. The van der Waals surface area contributed by atoms with Gasteiger partial charge in [0.15, 0.2) is 0 Å². The quantitative estimate of drug-likeness (QED) is 0.534. The number of hydrogen-bond donors (Lipinski definition) is 0. The predicted octanol–water partition coefficient (Wildman–Crippen LogP) is 4.82. The van der Waals surface area contributed by atoms with Crippen LogP contribution in [0.15, 0.2) is 55.1 Å². The van der Waals surface area contributed by atoms with Crippen LogP contribution in [-0.4, -0.2) is 19.7 Å². The molecule has 0 aliphatic heterocycles. The van der Waals surface area contributed by atoms with Gasteiger partial charge in [0.2, 0.25) is 0 Å². The normalized spacial score (nSPS) is 11.2. The van der Waals surface area contributed by atoms with Crippen LogP contribution in [0.25, 0.3) is 33.2 Å². The number of pyridine rings is 2. The van der Waals surface area contributed by atoms with Gasteiger partial charge in [0.1, 0.15) is 0 Å². The Morgan fingerprint density at radius 2 is 1.65 bits per heavy atom. The van der Waals surface area contributed by atoms with E-state index in [4.69, 9.17) is 4.98 Å². The van der Waals surface area contributed by atoms with Crippen LogP contribution in [0.2, 0.25) is 0 Å². The van der Waals surface area contributed by atoms with Crippen molar-refractivity contribution in [1.82, 2.24) is 19.7 Å². The van der Waals surface area contributed by atoms with Crippen molar-refractivity contribution >= 4 is 10.9 Å². The lowest BCUT2D eigenvalue weighted by Crippen LogP contribution is -1.97. The summed E-state index contributed by atoms with van der Waals surface area (Å²) in [6.07, 6.45) is 9.66. The summed E-state index contributed by atoms with van der Waals surface area (Å²) < 4.78 is 1.82. The van der Waals surface area contributed by atoms with Crippen LogP contribution in [0, 0.1) is 0 Å². The number of aryl methyl sites for hydroxylation is 3. The van der Waals surface area contributed by atoms with Crippen LogP contribution in [0.3, 0.4) is 0 Å². The smallest absolute Gasteiger partial charge is 0.0894 e. The Morgan fingerprint density at radius 1 is 0.885 bits per heavy atom. The van der Waals surface area contributed by atoms with Crippen molar-refractivity contribution in [3.63, 3.8) is 0 Å². The molecule has 0 bridgehead atoms. The third-order valence-electron chi connectivity index (χ3n) is 4.86. The minimum Gasteiger partial charge on any atom is -0.275 e. The zero-order valence-corrected chi connectivity index (χ0v) is 15.4. The van der Waals surface area contributed by atoms with E-state index in [1.165, 1.54) is 16.6 Å². The Bertz CT molecular complexity index is 1060. The van der Waals surface area contributed by atoms with Gasteiger partial charge in [-0.2, -0.15) is 5.10 Å². The summed E-state index contributed by atoms with van der Waals surface area (Å²) >= 11 is 0. The molecule has 0 unspecified atom stereocenters. The molecule has 0 amide bonds. The SMILES string of the molecule is CCc1cc2c(-c3ccc(-c4cnn(C)c4)cc3)cncc2nc1CC. The van der Waals surface area contributed by atoms with Gasteiger partial charge < -0.3 is 0 Å². The van der Waals surface area contributed by atoms with Crippen LogP contribution in [0.4, 0.5) is 0 Å². The topological polar surface area (TPSA) is 43.6 Å². The number of aromatic nitrogens is 4. The summed E-state index contributed by atoms with van der Waals surface area (Å²) in [4.78, 5) is 9.27. The molecule has 4 aromatic rings. The maximum Gasteiger partial charge on any atom is 0.0894 e. The van der Waals surface area contributed by atoms with E-state index < -0.39 is 0 Å². The number of hydrogen-bond acceptors (Lipinski definition) is 3. The largest absolute Gasteiger partial charge is 0.275 e. The molecule has 0 fully saturated rings. The highest BCUT2D eigenvalue weighted by molar-refractivity contribution is 5.94. The minimum atomic E-state index is 0.948. The molecule has 3 aromatic heterocycles. The molecule has 0 saturated carbocycles. The molecule has 26 heavy (non-hydrogen) atoms. The zero-order valence-electron chi connectivity index (χ0n) is 15.4. The molecule has 4 heteroatoms. The fourth-order valence-electron chi connectivity index (χ4n) is 3.43. The van der Waals surface area contributed by atoms with E-state index in [0.29, 0.717) is 0 Å². The average molecular weight is 342 g/mol. The predicted molar refractivity (Wildman–Crippen MR) is 106 cm³/mol. The third kappa shape index (κ3) is 2.88. The Morgan fingerprint density at radius 3 is 2.31 bits per heavy atom. The second-order valence-electron chi connectivity index (χ2n) is 6.54. The van der Waals surface area contributed by atoms with Crippen molar-refractivity contribution in [2.45, 2.75) is 26.7 Å². The fraction of sp³-hybridized carbons (Fsp3) is 0.227. The maximum absolute atomic E-state index is 4.85. The molecule has 0 N–H and O–H groups in total. The molecular formula is C22H22N4. The monoisotopic (exact) mass is 342 g/mol. The fourth-order valence-corrected chi connectivity index (χ4v) is 3.43. The molecule has 4 nitrogen and oxygen atoms in total. The zero-order chi connectivity index (χ0) is 18.1. The van der Waals surface area contributed by atoms with Crippen molar-refractivity contribution in [3.05, 3.63) is 66.4 Å². The van der Waals surface area contributed by atoms with Crippen LogP contribution >= 0.6 is 0 Å². The van der Waals surface area contributed by atoms with Crippen molar-refractivity contribution in [2.24, 2.45) is 7.05 Å². The van der Waals surface area contributed by atoms with E-state index >= 15 is 0 Å². The average Bonchev–Trinajstić information content (AvgIpc) is 3.12. The highest BCUT2D eigenvalue weighted by atomic mass is 15.2. The molecule has 4 rings (SSSR count). The van der Waals surface area contributed by atoms with Crippen molar-refractivity contribution in [3.8, 4) is 22.3 Å². The Labute approximate surface area is 153 Å². The highest BCUT2D eigenvalue weighted by Gasteiger charge is 2.10. The Balaban J connectivity index is 1.81. The molecule has 1 aromatic carbocycles. The summed E-state index contributed by atoms with van der Waals surface area (Å²) in [5.41, 5.74) is 8.03.